The van der Waals surface area contributed by atoms with Crippen molar-refractivity contribution in [3.05, 3.63) is 66.0 Å². The minimum atomic E-state index is -0.341. The van der Waals surface area contributed by atoms with Crippen LogP contribution < -0.4 is 25.6 Å². The first kappa shape index (κ1) is 32.1. The van der Waals surface area contributed by atoms with Crippen LogP contribution in [0.25, 0.3) is 16.9 Å². The summed E-state index contributed by atoms with van der Waals surface area (Å²) < 4.78 is 8.04. The highest BCUT2D eigenvalue weighted by molar-refractivity contribution is 6.02. The SMILES string of the molecule is Cc1nn(-c2cc(-c3ccccc3O)nnc2N)cc1N1CCN([C@H]2CC[C@H](c3cccc4c3OCCN4[C@@H]3CCC(=O)NC3=O)CC2)CC1. The Bertz CT molecular complexity index is 1910. The Morgan fingerprint density at radius 3 is 2.48 bits per heavy atom. The van der Waals surface area contributed by atoms with Crippen LogP contribution in [-0.4, -0.2) is 93.2 Å². The van der Waals surface area contributed by atoms with Crippen LogP contribution >= 0.6 is 0 Å². The lowest BCUT2D eigenvalue weighted by atomic mass is 9.80. The van der Waals surface area contributed by atoms with Gasteiger partial charge in [0.1, 0.15) is 29.8 Å². The smallest absolute Gasteiger partial charge is 0.249 e. The topological polar surface area (TPSA) is 155 Å². The van der Waals surface area contributed by atoms with Crippen LogP contribution in [-0.2, 0) is 9.59 Å². The molecule has 3 aliphatic heterocycles. The molecule has 50 heavy (non-hydrogen) atoms. The second-order valence-corrected chi connectivity index (χ2v) is 13.8. The molecule has 8 rings (SSSR count). The maximum atomic E-state index is 12.7. The number of aromatic nitrogens is 4. The molecule has 2 amide bonds. The van der Waals surface area contributed by atoms with Gasteiger partial charge in [0, 0.05) is 44.2 Å². The number of nitrogens with zero attached hydrogens (tertiary/aromatic N) is 7. The molecule has 260 valence electrons. The molecule has 0 unspecified atom stereocenters. The van der Waals surface area contributed by atoms with Crippen LogP contribution in [0.5, 0.6) is 11.5 Å². The Balaban J connectivity index is 0.899. The van der Waals surface area contributed by atoms with Gasteiger partial charge in [-0.05, 0) is 74.8 Å². The number of aryl methyl sites for hydroxylation is 1. The number of para-hydroxylation sites is 2. The number of phenolic OH excluding ortho intramolecular Hbond substituents is 1. The van der Waals surface area contributed by atoms with Gasteiger partial charge in [-0.25, -0.2) is 4.68 Å². The summed E-state index contributed by atoms with van der Waals surface area (Å²) in [5.74, 6) is 1.33. The molecule has 2 aromatic carbocycles. The van der Waals surface area contributed by atoms with E-state index >= 15 is 0 Å². The summed E-state index contributed by atoms with van der Waals surface area (Å²) in [4.78, 5) is 31.6. The molecule has 4 aromatic rings. The van der Waals surface area contributed by atoms with Crippen molar-refractivity contribution in [1.82, 2.24) is 30.2 Å². The maximum absolute atomic E-state index is 12.7. The largest absolute Gasteiger partial charge is 0.507 e. The zero-order chi connectivity index (χ0) is 34.4. The fourth-order valence-corrected chi connectivity index (χ4v) is 8.28. The normalized spacial score (nSPS) is 22.9. The number of rotatable bonds is 6. The van der Waals surface area contributed by atoms with Gasteiger partial charge in [-0.1, -0.05) is 24.3 Å². The summed E-state index contributed by atoms with van der Waals surface area (Å²) >= 11 is 0. The molecule has 4 N–H and O–H groups in total. The van der Waals surface area contributed by atoms with Gasteiger partial charge >= 0.3 is 0 Å². The number of imide groups is 1. The van der Waals surface area contributed by atoms with Crippen molar-refractivity contribution in [3.8, 4) is 28.4 Å². The number of anilines is 3. The fourth-order valence-electron chi connectivity index (χ4n) is 8.28. The minimum Gasteiger partial charge on any atom is -0.507 e. The third kappa shape index (κ3) is 5.99. The number of amides is 2. The predicted octanol–water partition coefficient (Wildman–Crippen LogP) is 3.78. The molecule has 5 heterocycles. The Labute approximate surface area is 291 Å². The highest BCUT2D eigenvalue weighted by atomic mass is 16.5. The summed E-state index contributed by atoms with van der Waals surface area (Å²) in [6, 6.07) is 15.4. The lowest BCUT2D eigenvalue weighted by molar-refractivity contribution is -0.134. The minimum absolute atomic E-state index is 0.132. The third-order valence-corrected chi connectivity index (χ3v) is 10.9. The standard InChI is InChI=1S/C37H43N9O4/c1-23-32(22-46(42-23)31-21-28(40-41-36(31)38)27-5-2-3-8-33(27)47)44-17-15-43(16-18-44)25-11-9-24(10-12-25)26-6-4-7-29-35(26)50-20-19-45(29)30-13-14-34(48)39-37(30)49/h2-8,21-22,24-25,30,47H,9-20H2,1H3,(H2,38,41)(H,39,48,49)/t24-,25-,30-/m1/s1. The molecule has 2 aromatic heterocycles. The summed E-state index contributed by atoms with van der Waals surface area (Å²) in [5.41, 5.74) is 12.2. The van der Waals surface area contributed by atoms with Crippen LogP contribution in [0.4, 0.5) is 17.2 Å². The number of carbonyl (C=O) groups excluding carboxylic acids is 2. The molecular formula is C37H43N9O4. The quantitative estimate of drug-likeness (QED) is 0.256. The van der Waals surface area contributed by atoms with E-state index in [0.717, 1.165) is 74.7 Å². The van der Waals surface area contributed by atoms with Crippen LogP contribution in [0.3, 0.4) is 0 Å². The summed E-state index contributed by atoms with van der Waals surface area (Å²) in [7, 11) is 0. The molecular weight excluding hydrogens is 634 g/mol. The first-order valence-corrected chi connectivity index (χ1v) is 17.7. The highest BCUT2D eigenvalue weighted by Crippen LogP contribution is 2.45. The first-order chi connectivity index (χ1) is 24.3. The number of hydrogen-bond donors (Lipinski definition) is 3. The zero-order valence-corrected chi connectivity index (χ0v) is 28.3. The number of benzene rings is 2. The molecule has 1 atom stereocenters. The Kier molecular flexibility index (Phi) is 8.51. The number of fused-ring (bicyclic) bond motifs is 1. The van der Waals surface area contributed by atoms with Crippen LogP contribution in [0.1, 0.15) is 55.7 Å². The van der Waals surface area contributed by atoms with E-state index in [9.17, 15) is 14.7 Å². The molecule has 0 bridgehead atoms. The van der Waals surface area contributed by atoms with Crippen molar-refractivity contribution >= 4 is 29.0 Å². The number of ether oxygens (including phenoxy) is 1. The number of piperidine rings is 1. The monoisotopic (exact) mass is 677 g/mol. The highest BCUT2D eigenvalue weighted by Gasteiger charge is 2.37. The molecule has 1 aliphatic carbocycles. The number of nitrogens with two attached hydrogens (primary N) is 1. The molecule has 1 saturated carbocycles. The van der Waals surface area contributed by atoms with Gasteiger partial charge in [0.05, 0.1) is 35.5 Å². The lowest BCUT2D eigenvalue weighted by Crippen LogP contribution is -2.54. The molecule has 13 heteroatoms. The number of carbonyl (C=O) groups is 2. The van der Waals surface area contributed by atoms with Crippen molar-refractivity contribution in [2.45, 2.75) is 63.5 Å². The number of nitrogens with one attached hydrogen (secondary N) is 1. The van der Waals surface area contributed by atoms with E-state index in [1.54, 1.807) is 22.9 Å². The van der Waals surface area contributed by atoms with Gasteiger partial charge in [0.2, 0.25) is 11.8 Å². The number of piperazine rings is 1. The van der Waals surface area contributed by atoms with Crippen molar-refractivity contribution in [1.29, 1.82) is 0 Å². The van der Waals surface area contributed by atoms with Crippen molar-refractivity contribution in [2.75, 3.05) is 54.9 Å². The van der Waals surface area contributed by atoms with Gasteiger partial charge < -0.3 is 25.4 Å². The number of aromatic hydroxyl groups is 1. The molecule has 13 nitrogen and oxygen atoms in total. The van der Waals surface area contributed by atoms with Crippen molar-refractivity contribution < 1.29 is 19.4 Å². The van der Waals surface area contributed by atoms with E-state index in [4.69, 9.17) is 15.6 Å². The van der Waals surface area contributed by atoms with Crippen LogP contribution in [0.15, 0.2) is 54.7 Å². The third-order valence-electron chi connectivity index (χ3n) is 10.9. The van der Waals surface area contributed by atoms with Gasteiger partial charge in [-0.3, -0.25) is 19.8 Å². The molecule has 3 fully saturated rings. The average Bonchev–Trinajstić information content (AvgIpc) is 3.53. The van der Waals surface area contributed by atoms with Crippen LogP contribution in [0.2, 0.25) is 0 Å². The summed E-state index contributed by atoms with van der Waals surface area (Å²) in [6.07, 6.45) is 7.38. The van der Waals surface area contributed by atoms with Gasteiger partial charge in [-0.15, -0.1) is 10.2 Å². The fraction of sp³-hybridized carbons (Fsp3) is 0.432. The van der Waals surface area contributed by atoms with E-state index in [1.807, 2.05) is 25.3 Å². The second kappa shape index (κ2) is 13.3. The summed E-state index contributed by atoms with van der Waals surface area (Å²) in [5, 5.41) is 26.0. The number of phenols is 1. The first-order valence-electron chi connectivity index (χ1n) is 17.7. The van der Waals surface area contributed by atoms with Crippen LogP contribution in [0, 0.1) is 6.92 Å². The lowest BCUT2D eigenvalue weighted by Gasteiger charge is -2.43. The average molecular weight is 678 g/mol. The molecule has 2 saturated heterocycles. The maximum Gasteiger partial charge on any atom is 0.249 e. The zero-order valence-electron chi connectivity index (χ0n) is 28.3. The Morgan fingerprint density at radius 2 is 1.70 bits per heavy atom. The van der Waals surface area contributed by atoms with Crippen molar-refractivity contribution in [3.63, 3.8) is 0 Å². The van der Waals surface area contributed by atoms with E-state index in [1.165, 1.54) is 5.56 Å². The van der Waals surface area contributed by atoms with E-state index < -0.39 is 0 Å². The number of nitrogen functional groups attached to an aromatic ring is 1. The predicted molar refractivity (Wildman–Crippen MR) is 190 cm³/mol. The summed E-state index contributed by atoms with van der Waals surface area (Å²) in [6.45, 7) is 6.99. The van der Waals surface area contributed by atoms with Gasteiger partial charge in [-0.2, -0.15) is 5.10 Å². The number of hydrogen-bond acceptors (Lipinski definition) is 11. The van der Waals surface area contributed by atoms with E-state index in [0.29, 0.717) is 54.9 Å². The second-order valence-electron chi connectivity index (χ2n) is 13.8. The van der Waals surface area contributed by atoms with Gasteiger partial charge in [0.25, 0.3) is 0 Å². The van der Waals surface area contributed by atoms with Crippen molar-refractivity contribution in [2.24, 2.45) is 0 Å². The van der Waals surface area contributed by atoms with E-state index in [-0.39, 0.29) is 29.4 Å². The molecule has 4 aliphatic rings. The molecule has 0 spiro atoms. The molecule has 0 radical (unpaired) electrons. The van der Waals surface area contributed by atoms with Gasteiger partial charge in [0.15, 0.2) is 5.82 Å². The Hall–Kier alpha value is -5.17. The Morgan fingerprint density at radius 1 is 0.900 bits per heavy atom. The van der Waals surface area contributed by atoms with E-state index in [2.05, 4.69) is 48.4 Å².